The molecule has 6 rings (SSSR count). The number of aromatic nitrogens is 1. The van der Waals surface area contributed by atoms with Gasteiger partial charge in [-0.15, -0.1) is 0 Å². The predicted molar refractivity (Wildman–Crippen MR) is 123 cm³/mol. The normalized spacial score (nSPS) is 16.8. The lowest BCUT2D eigenvalue weighted by molar-refractivity contribution is 0.0692. The molecular weight excluding hydrogens is 402 g/mol. The van der Waals surface area contributed by atoms with Gasteiger partial charge in [0.05, 0.1) is 6.04 Å². The monoisotopic (exact) mass is 425 g/mol. The maximum Gasteiger partial charge on any atom is 0.254 e. The zero-order valence-electron chi connectivity index (χ0n) is 17.7. The highest BCUT2D eigenvalue weighted by Crippen LogP contribution is 2.42. The molecule has 1 amide bonds. The molecule has 0 fully saturated rings. The quantitative estimate of drug-likeness (QED) is 0.498. The molecule has 160 valence electrons. The average Bonchev–Trinajstić information content (AvgIpc) is 3.47. The number of carbonyl (C=O) groups excluding carboxylic acids is 1. The highest BCUT2D eigenvalue weighted by Gasteiger charge is 2.35. The van der Waals surface area contributed by atoms with Crippen molar-refractivity contribution in [1.82, 2.24) is 9.88 Å². The van der Waals surface area contributed by atoms with E-state index in [0.717, 1.165) is 40.4 Å². The fourth-order valence-electron chi connectivity index (χ4n) is 4.83. The molecule has 3 aromatic carbocycles. The number of fused-ring (bicyclic) bond motifs is 4. The van der Waals surface area contributed by atoms with Crippen molar-refractivity contribution in [3.05, 3.63) is 89.1 Å². The number of nitrogens with zero attached hydrogens (tertiary/aromatic N) is 1. The van der Waals surface area contributed by atoms with E-state index in [2.05, 4.69) is 28.5 Å². The first-order valence-electron chi connectivity index (χ1n) is 10.8. The maximum absolute atomic E-state index is 13.7. The SMILES string of the molecule is CNc1ccc(C(=O)N2CCc3c([nH]c4ccccc34)C2c2ccc3c(c2)OCO3)cc1. The van der Waals surface area contributed by atoms with Gasteiger partial charge in [-0.05, 0) is 60.0 Å². The highest BCUT2D eigenvalue weighted by molar-refractivity contribution is 5.96. The first-order chi connectivity index (χ1) is 15.7. The lowest BCUT2D eigenvalue weighted by atomic mass is 9.91. The van der Waals surface area contributed by atoms with E-state index < -0.39 is 0 Å². The summed E-state index contributed by atoms with van der Waals surface area (Å²) >= 11 is 0. The van der Waals surface area contributed by atoms with Gasteiger partial charge >= 0.3 is 0 Å². The first kappa shape index (κ1) is 18.8. The van der Waals surface area contributed by atoms with Gasteiger partial charge in [0.25, 0.3) is 5.91 Å². The molecule has 32 heavy (non-hydrogen) atoms. The highest BCUT2D eigenvalue weighted by atomic mass is 16.7. The molecule has 6 nitrogen and oxygen atoms in total. The van der Waals surface area contributed by atoms with Crippen molar-refractivity contribution in [2.75, 3.05) is 25.7 Å². The van der Waals surface area contributed by atoms with Gasteiger partial charge in [0.1, 0.15) is 0 Å². The molecule has 1 aromatic heterocycles. The number of anilines is 1. The summed E-state index contributed by atoms with van der Waals surface area (Å²) in [6, 6.07) is 21.7. The fraction of sp³-hybridized carbons (Fsp3) is 0.192. The molecule has 6 heteroatoms. The number of benzene rings is 3. The number of para-hydroxylation sites is 1. The van der Waals surface area contributed by atoms with Crippen LogP contribution in [0.25, 0.3) is 10.9 Å². The Kier molecular flexibility index (Phi) is 4.31. The minimum Gasteiger partial charge on any atom is -0.454 e. The van der Waals surface area contributed by atoms with Gasteiger partial charge in [-0.1, -0.05) is 24.3 Å². The van der Waals surface area contributed by atoms with Crippen LogP contribution in [0.5, 0.6) is 11.5 Å². The van der Waals surface area contributed by atoms with Gasteiger partial charge in [-0.2, -0.15) is 0 Å². The molecule has 0 aliphatic carbocycles. The minimum atomic E-state index is -0.239. The van der Waals surface area contributed by atoms with Crippen molar-refractivity contribution in [1.29, 1.82) is 0 Å². The third kappa shape index (κ3) is 2.91. The molecule has 0 saturated heterocycles. The lowest BCUT2D eigenvalue weighted by Crippen LogP contribution is -2.40. The zero-order chi connectivity index (χ0) is 21.7. The Morgan fingerprint density at radius 1 is 1.03 bits per heavy atom. The summed E-state index contributed by atoms with van der Waals surface area (Å²) in [6.45, 7) is 0.863. The summed E-state index contributed by atoms with van der Waals surface area (Å²) in [6.07, 6.45) is 0.806. The van der Waals surface area contributed by atoms with Crippen LogP contribution in [0.3, 0.4) is 0 Å². The summed E-state index contributed by atoms with van der Waals surface area (Å²) in [7, 11) is 1.87. The van der Waals surface area contributed by atoms with Crippen LogP contribution in [0, 0.1) is 0 Å². The maximum atomic E-state index is 13.7. The Bertz CT molecular complexity index is 1330. The van der Waals surface area contributed by atoms with E-state index in [-0.39, 0.29) is 18.7 Å². The van der Waals surface area contributed by atoms with E-state index in [1.54, 1.807) is 0 Å². The predicted octanol–water partition coefficient (Wildman–Crippen LogP) is 4.73. The molecular formula is C26H23N3O3. The van der Waals surface area contributed by atoms with Gasteiger partial charge in [0.15, 0.2) is 11.5 Å². The summed E-state index contributed by atoms with van der Waals surface area (Å²) in [4.78, 5) is 19.3. The fourth-order valence-corrected chi connectivity index (χ4v) is 4.83. The molecule has 3 heterocycles. The molecule has 0 radical (unpaired) electrons. The Morgan fingerprint density at radius 3 is 2.69 bits per heavy atom. The van der Waals surface area contributed by atoms with Crippen LogP contribution in [0.4, 0.5) is 5.69 Å². The van der Waals surface area contributed by atoms with Crippen LogP contribution < -0.4 is 14.8 Å². The number of nitrogens with one attached hydrogen (secondary N) is 2. The standard InChI is InChI=1S/C26H23N3O3/c1-27-18-9-6-16(7-10-18)26(30)29-13-12-20-19-4-2-3-5-21(19)28-24(20)25(29)17-8-11-22-23(14-17)32-15-31-22/h2-11,14,25,27-28H,12-13,15H2,1H3. The van der Waals surface area contributed by atoms with E-state index in [0.29, 0.717) is 12.1 Å². The number of rotatable bonds is 3. The number of H-pyrrole nitrogens is 1. The summed E-state index contributed by atoms with van der Waals surface area (Å²) < 4.78 is 11.1. The number of carbonyl (C=O) groups is 1. The van der Waals surface area contributed by atoms with E-state index in [1.807, 2.05) is 60.5 Å². The van der Waals surface area contributed by atoms with E-state index in [9.17, 15) is 4.79 Å². The van der Waals surface area contributed by atoms with E-state index in [4.69, 9.17) is 9.47 Å². The second-order valence-corrected chi connectivity index (χ2v) is 8.15. The third-order valence-corrected chi connectivity index (χ3v) is 6.43. The van der Waals surface area contributed by atoms with Gasteiger partial charge in [0.2, 0.25) is 6.79 Å². The Hall–Kier alpha value is -3.93. The Morgan fingerprint density at radius 2 is 1.84 bits per heavy atom. The molecule has 0 spiro atoms. The van der Waals surface area contributed by atoms with E-state index >= 15 is 0 Å². The van der Waals surface area contributed by atoms with Gasteiger partial charge in [0, 0.05) is 41.4 Å². The van der Waals surface area contributed by atoms with E-state index in [1.165, 1.54) is 10.9 Å². The number of hydrogen-bond donors (Lipinski definition) is 2. The van der Waals surface area contributed by atoms with Crippen molar-refractivity contribution < 1.29 is 14.3 Å². The lowest BCUT2D eigenvalue weighted by Gasteiger charge is -2.36. The van der Waals surface area contributed by atoms with Crippen LogP contribution in [0.15, 0.2) is 66.7 Å². The molecule has 0 saturated carbocycles. The third-order valence-electron chi connectivity index (χ3n) is 6.43. The minimum absolute atomic E-state index is 0.0135. The molecule has 1 atom stereocenters. The van der Waals surface area contributed by atoms with Gasteiger partial charge < -0.3 is 24.7 Å². The summed E-state index contributed by atoms with van der Waals surface area (Å²) in [5, 5.41) is 4.32. The number of aromatic amines is 1. The Balaban J connectivity index is 1.48. The molecule has 4 aromatic rings. The molecule has 1 unspecified atom stereocenters. The molecule has 2 aliphatic rings. The van der Waals surface area contributed by atoms with Crippen molar-refractivity contribution in [2.45, 2.75) is 12.5 Å². The van der Waals surface area contributed by atoms with Crippen molar-refractivity contribution in [2.24, 2.45) is 0 Å². The van der Waals surface area contributed by atoms with Crippen LogP contribution in [0.1, 0.15) is 33.2 Å². The molecule has 2 N–H and O–H groups in total. The van der Waals surface area contributed by atoms with Crippen LogP contribution in [-0.4, -0.2) is 36.2 Å². The topological polar surface area (TPSA) is 66.6 Å². The second-order valence-electron chi connectivity index (χ2n) is 8.15. The second kappa shape index (κ2) is 7.34. The largest absolute Gasteiger partial charge is 0.454 e. The molecule has 0 bridgehead atoms. The average molecular weight is 425 g/mol. The van der Waals surface area contributed by atoms with Crippen molar-refractivity contribution >= 4 is 22.5 Å². The Labute approximate surface area is 185 Å². The van der Waals surface area contributed by atoms with Gasteiger partial charge in [-0.25, -0.2) is 0 Å². The number of ether oxygens (including phenoxy) is 2. The van der Waals surface area contributed by atoms with Crippen molar-refractivity contribution in [3.8, 4) is 11.5 Å². The van der Waals surface area contributed by atoms with Crippen LogP contribution in [0.2, 0.25) is 0 Å². The number of amides is 1. The summed E-state index contributed by atoms with van der Waals surface area (Å²) in [5.41, 5.74) is 6.09. The smallest absolute Gasteiger partial charge is 0.254 e. The summed E-state index contributed by atoms with van der Waals surface area (Å²) in [5.74, 6) is 1.47. The van der Waals surface area contributed by atoms with Gasteiger partial charge in [-0.3, -0.25) is 4.79 Å². The zero-order valence-corrected chi connectivity index (χ0v) is 17.7. The van der Waals surface area contributed by atoms with Crippen molar-refractivity contribution in [3.63, 3.8) is 0 Å². The first-order valence-corrected chi connectivity index (χ1v) is 10.8. The number of hydrogen-bond acceptors (Lipinski definition) is 4. The molecule has 2 aliphatic heterocycles. The van der Waals surface area contributed by atoms with Crippen LogP contribution in [-0.2, 0) is 6.42 Å². The van der Waals surface area contributed by atoms with Crippen LogP contribution >= 0.6 is 0 Å².